The summed E-state index contributed by atoms with van der Waals surface area (Å²) in [5.74, 6) is 0.330. The molecule has 1 aromatic carbocycles. The first-order chi connectivity index (χ1) is 7.54. The maximum absolute atomic E-state index is 10.5. The van der Waals surface area contributed by atoms with E-state index in [0.29, 0.717) is 5.75 Å². The Kier molecular flexibility index (Phi) is 4.35. The second-order valence-electron chi connectivity index (χ2n) is 2.78. The van der Waals surface area contributed by atoms with Crippen LogP contribution in [-0.4, -0.2) is 16.9 Å². The summed E-state index contributed by atoms with van der Waals surface area (Å²) < 4.78 is 5.11. The third-order valence-corrected chi connectivity index (χ3v) is 2.18. The van der Waals surface area contributed by atoms with Gasteiger partial charge in [0.2, 0.25) is 0 Å². The maximum atomic E-state index is 10.5. The van der Waals surface area contributed by atoms with Crippen LogP contribution >= 0.6 is 23.2 Å². The maximum Gasteiger partial charge on any atom is 0.288 e. The van der Waals surface area contributed by atoms with E-state index in [9.17, 15) is 10.1 Å². The van der Waals surface area contributed by atoms with Gasteiger partial charge in [0.1, 0.15) is 17.4 Å². The van der Waals surface area contributed by atoms with E-state index in [4.69, 9.17) is 33.2 Å². The number of hydrogen-bond donors (Lipinski definition) is 0. The smallest absolute Gasteiger partial charge is 0.288 e. The lowest BCUT2D eigenvalue weighted by atomic mass is 10.3. The number of alkyl halides is 1. The first-order valence-electron chi connectivity index (χ1n) is 4.15. The fourth-order valence-electron chi connectivity index (χ4n) is 0.932. The van der Waals surface area contributed by atoms with E-state index in [1.807, 2.05) is 0 Å². The lowest BCUT2D eigenvalue weighted by Crippen LogP contribution is -2.09. The van der Waals surface area contributed by atoms with Crippen molar-refractivity contribution in [1.82, 2.24) is 0 Å². The van der Waals surface area contributed by atoms with Crippen molar-refractivity contribution in [2.75, 3.05) is 6.61 Å². The van der Waals surface area contributed by atoms with Gasteiger partial charge in [0.15, 0.2) is 5.38 Å². The van der Waals surface area contributed by atoms with Crippen LogP contribution in [0.3, 0.4) is 0 Å². The van der Waals surface area contributed by atoms with Gasteiger partial charge < -0.3 is 4.74 Å². The largest absolute Gasteiger partial charge is 0.491 e. The molecule has 5 nitrogen and oxygen atoms in total. The number of hydrogen-bond acceptors (Lipinski definition) is 4. The molecule has 0 radical (unpaired) electrons. The molecule has 0 N–H and O–H groups in total. The standard InChI is InChI=1S/C9H6Cl2N2O3/c10-6(4-12)5-16-7-1-2-9(13(14)15)8(11)3-7/h1-3,6H,5H2. The first kappa shape index (κ1) is 12.6. The second-order valence-corrected chi connectivity index (χ2v) is 3.71. The summed E-state index contributed by atoms with van der Waals surface area (Å²) in [6.07, 6.45) is 0. The quantitative estimate of drug-likeness (QED) is 0.474. The van der Waals surface area contributed by atoms with E-state index in [1.54, 1.807) is 6.07 Å². The molecule has 0 aliphatic heterocycles. The highest BCUT2D eigenvalue weighted by molar-refractivity contribution is 6.32. The number of nitro groups is 1. The molecule has 84 valence electrons. The molecule has 0 saturated carbocycles. The number of nitro benzene ring substituents is 1. The van der Waals surface area contributed by atoms with E-state index in [2.05, 4.69) is 0 Å². The molecule has 0 heterocycles. The summed E-state index contributed by atoms with van der Waals surface area (Å²) in [5, 5.41) is 18.1. The van der Waals surface area contributed by atoms with Gasteiger partial charge in [-0.1, -0.05) is 11.6 Å². The van der Waals surface area contributed by atoms with Crippen molar-refractivity contribution in [3.05, 3.63) is 33.3 Å². The molecule has 0 bridgehead atoms. The van der Waals surface area contributed by atoms with Crippen LogP contribution in [0.1, 0.15) is 0 Å². The van der Waals surface area contributed by atoms with Gasteiger partial charge in [0.25, 0.3) is 5.69 Å². The average Bonchev–Trinajstić information content (AvgIpc) is 2.25. The lowest BCUT2D eigenvalue weighted by Gasteiger charge is -2.06. The summed E-state index contributed by atoms with van der Waals surface area (Å²) in [7, 11) is 0. The van der Waals surface area contributed by atoms with Gasteiger partial charge >= 0.3 is 0 Å². The van der Waals surface area contributed by atoms with Crippen LogP contribution in [0.25, 0.3) is 0 Å². The Morgan fingerprint density at radius 1 is 1.62 bits per heavy atom. The van der Waals surface area contributed by atoms with E-state index in [0.717, 1.165) is 0 Å². The third-order valence-electron chi connectivity index (χ3n) is 1.65. The van der Waals surface area contributed by atoms with Crippen molar-refractivity contribution >= 4 is 28.9 Å². The molecule has 7 heteroatoms. The Bertz CT molecular complexity index is 445. The zero-order valence-electron chi connectivity index (χ0n) is 7.89. The van der Waals surface area contributed by atoms with Crippen molar-refractivity contribution in [1.29, 1.82) is 5.26 Å². The Labute approximate surface area is 101 Å². The molecule has 1 aromatic rings. The Balaban J connectivity index is 2.75. The minimum Gasteiger partial charge on any atom is -0.491 e. The minimum absolute atomic E-state index is 0.00774. The van der Waals surface area contributed by atoms with Gasteiger partial charge in [0.05, 0.1) is 11.0 Å². The predicted molar refractivity (Wildman–Crippen MR) is 58.9 cm³/mol. The highest BCUT2D eigenvalue weighted by atomic mass is 35.5. The van der Waals surface area contributed by atoms with Crippen LogP contribution in [0.5, 0.6) is 5.75 Å². The Morgan fingerprint density at radius 3 is 2.81 bits per heavy atom. The van der Waals surface area contributed by atoms with E-state index >= 15 is 0 Å². The molecule has 0 aromatic heterocycles. The zero-order valence-corrected chi connectivity index (χ0v) is 9.40. The highest BCUT2D eigenvalue weighted by Crippen LogP contribution is 2.28. The Morgan fingerprint density at radius 2 is 2.31 bits per heavy atom. The van der Waals surface area contributed by atoms with E-state index in [1.165, 1.54) is 18.2 Å². The van der Waals surface area contributed by atoms with Gasteiger partial charge in [0, 0.05) is 12.1 Å². The predicted octanol–water partition coefficient (Wildman–Crippen LogP) is 2.76. The SMILES string of the molecule is N#CC(Cl)COc1ccc([N+](=O)[O-])c(Cl)c1. The molecule has 0 amide bonds. The Hall–Kier alpha value is -1.51. The first-order valence-corrected chi connectivity index (χ1v) is 4.96. The summed E-state index contributed by atoms with van der Waals surface area (Å²) >= 11 is 11.2. The molecule has 1 atom stereocenters. The number of halogens is 2. The van der Waals surface area contributed by atoms with Crippen molar-refractivity contribution in [2.45, 2.75) is 5.38 Å². The molecule has 0 spiro atoms. The molecule has 1 unspecified atom stereocenters. The fraction of sp³-hybridized carbons (Fsp3) is 0.222. The summed E-state index contributed by atoms with van der Waals surface area (Å²) in [5.41, 5.74) is -0.197. The number of nitriles is 1. The molecular formula is C9H6Cl2N2O3. The van der Waals surface area contributed by atoms with Crippen molar-refractivity contribution in [3.63, 3.8) is 0 Å². The monoisotopic (exact) mass is 260 g/mol. The average molecular weight is 261 g/mol. The van der Waals surface area contributed by atoms with Gasteiger partial charge in [-0.2, -0.15) is 5.26 Å². The van der Waals surface area contributed by atoms with Gasteiger partial charge in [-0.25, -0.2) is 0 Å². The van der Waals surface area contributed by atoms with Crippen molar-refractivity contribution < 1.29 is 9.66 Å². The normalized spacial score (nSPS) is 11.6. The fourth-order valence-corrected chi connectivity index (χ4v) is 1.23. The lowest BCUT2D eigenvalue weighted by molar-refractivity contribution is -0.384. The van der Waals surface area contributed by atoms with Crippen LogP contribution < -0.4 is 4.74 Å². The molecule has 0 aliphatic carbocycles. The van der Waals surface area contributed by atoms with Crippen LogP contribution in [-0.2, 0) is 0 Å². The van der Waals surface area contributed by atoms with Gasteiger partial charge in [-0.3, -0.25) is 10.1 Å². The molecule has 16 heavy (non-hydrogen) atoms. The number of benzene rings is 1. The van der Waals surface area contributed by atoms with Crippen LogP contribution in [0.4, 0.5) is 5.69 Å². The molecule has 0 aliphatic rings. The molecule has 1 rings (SSSR count). The van der Waals surface area contributed by atoms with Crippen molar-refractivity contribution in [2.24, 2.45) is 0 Å². The third kappa shape index (κ3) is 3.26. The summed E-state index contributed by atoms with van der Waals surface area (Å²) in [6, 6.07) is 5.71. The number of nitrogens with zero attached hydrogens (tertiary/aromatic N) is 2. The highest BCUT2D eigenvalue weighted by Gasteiger charge is 2.13. The number of ether oxygens (including phenoxy) is 1. The molecule has 0 fully saturated rings. The van der Waals surface area contributed by atoms with Crippen LogP contribution in [0, 0.1) is 21.4 Å². The molecular weight excluding hydrogens is 255 g/mol. The van der Waals surface area contributed by atoms with Crippen LogP contribution in [0.2, 0.25) is 5.02 Å². The minimum atomic E-state index is -0.769. The van der Waals surface area contributed by atoms with Crippen LogP contribution in [0.15, 0.2) is 18.2 Å². The second kappa shape index (κ2) is 5.54. The van der Waals surface area contributed by atoms with E-state index < -0.39 is 10.3 Å². The topological polar surface area (TPSA) is 76.2 Å². The summed E-state index contributed by atoms with van der Waals surface area (Å²) in [4.78, 5) is 9.87. The number of rotatable bonds is 4. The van der Waals surface area contributed by atoms with E-state index in [-0.39, 0.29) is 17.3 Å². The van der Waals surface area contributed by atoms with Crippen molar-refractivity contribution in [3.8, 4) is 11.8 Å². The summed E-state index contributed by atoms with van der Waals surface area (Å²) in [6.45, 7) is -0.00774. The van der Waals surface area contributed by atoms with Gasteiger partial charge in [-0.15, -0.1) is 11.6 Å². The molecule has 0 saturated heterocycles. The zero-order chi connectivity index (χ0) is 12.1. The van der Waals surface area contributed by atoms with Gasteiger partial charge in [-0.05, 0) is 6.07 Å².